The number of ether oxygens (including phenoxy) is 1. The molecule has 0 bridgehead atoms. The molecule has 106 valence electrons. The van der Waals surface area contributed by atoms with Gasteiger partial charge in [-0.05, 0) is 11.6 Å². The molecule has 0 radical (unpaired) electrons. The molecule has 20 heavy (non-hydrogen) atoms. The minimum Gasteiger partial charge on any atom is -0.383 e. The van der Waals surface area contributed by atoms with Crippen LogP contribution in [0.2, 0.25) is 0 Å². The number of nitrogens with one attached hydrogen (secondary N) is 2. The van der Waals surface area contributed by atoms with Gasteiger partial charge < -0.3 is 15.0 Å². The van der Waals surface area contributed by atoms with Gasteiger partial charge in [-0.3, -0.25) is 9.78 Å². The van der Waals surface area contributed by atoms with Crippen LogP contribution < -0.4 is 10.9 Å². The average molecular weight is 274 g/mol. The van der Waals surface area contributed by atoms with E-state index in [-0.39, 0.29) is 5.56 Å². The van der Waals surface area contributed by atoms with Crippen molar-refractivity contribution in [2.75, 3.05) is 20.3 Å². The molecule has 2 N–H and O–H groups in total. The van der Waals surface area contributed by atoms with Crippen molar-refractivity contribution in [2.24, 2.45) is 0 Å². The van der Waals surface area contributed by atoms with Gasteiger partial charge in [0.15, 0.2) is 0 Å². The van der Waals surface area contributed by atoms with Crippen LogP contribution in [0.3, 0.4) is 0 Å². The van der Waals surface area contributed by atoms with Crippen LogP contribution >= 0.6 is 0 Å². The summed E-state index contributed by atoms with van der Waals surface area (Å²) in [6, 6.07) is 5.33. The molecule has 2 heterocycles. The van der Waals surface area contributed by atoms with Crippen LogP contribution in [-0.4, -0.2) is 35.2 Å². The fourth-order valence-electron chi connectivity index (χ4n) is 1.82. The van der Waals surface area contributed by atoms with Crippen molar-refractivity contribution in [1.29, 1.82) is 0 Å². The van der Waals surface area contributed by atoms with Crippen molar-refractivity contribution in [3.8, 4) is 0 Å². The van der Waals surface area contributed by atoms with E-state index in [0.29, 0.717) is 25.4 Å². The maximum Gasteiger partial charge on any atom is 0.251 e. The first-order valence-electron chi connectivity index (χ1n) is 6.45. The largest absolute Gasteiger partial charge is 0.383 e. The number of hydrogen-bond donors (Lipinski definition) is 2. The summed E-state index contributed by atoms with van der Waals surface area (Å²) in [6.45, 7) is 1.90. The summed E-state index contributed by atoms with van der Waals surface area (Å²) in [5.41, 5.74) is 1.60. The molecule has 2 aromatic rings. The zero-order valence-corrected chi connectivity index (χ0v) is 11.4. The third-order valence-electron chi connectivity index (χ3n) is 2.73. The van der Waals surface area contributed by atoms with Crippen molar-refractivity contribution in [1.82, 2.24) is 20.3 Å². The van der Waals surface area contributed by atoms with Gasteiger partial charge in [-0.1, -0.05) is 6.07 Å². The summed E-state index contributed by atoms with van der Waals surface area (Å²) in [5, 5.41) is 3.17. The molecule has 6 heteroatoms. The fourth-order valence-corrected chi connectivity index (χ4v) is 1.82. The minimum absolute atomic E-state index is 0.137. The van der Waals surface area contributed by atoms with E-state index in [0.717, 1.165) is 17.8 Å². The molecule has 0 saturated heterocycles. The van der Waals surface area contributed by atoms with E-state index in [4.69, 9.17) is 4.74 Å². The lowest BCUT2D eigenvalue weighted by Gasteiger charge is -2.06. The van der Waals surface area contributed by atoms with Crippen molar-refractivity contribution >= 4 is 0 Å². The summed E-state index contributed by atoms with van der Waals surface area (Å²) in [7, 11) is 1.65. The van der Waals surface area contributed by atoms with Crippen LogP contribution in [0.4, 0.5) is 0 Å². The molecular weight excluding hydrogens is 256 g/mol. The lowest BCUT2D eigenvalue weighted by molar-refractivity contribution is 0.199. The molecule has 0 saturated carbocycles. The molecule has 2 rings (SSSR count). The van der Waals surface area contributed by atoms with E-state index in [9.17, 15) is 4.79 Å². The predicted molar refractivity (Wildman–Crippen MR) is 75.5 cm³/mol. The lowest BCUT2D eigenvalue weighted by atomic mass is 10.2. The highest BCUT2D eigenvalue weighted by Crippen LogP contribution is 2.02. The minimum atomic E-state index is -0.137. The number of nitrogens with zero attached hydrogens (tertiary/aromatic N) is 2. The number of aromatic amines is 1. The highest BCUT2D eigenvalue weighted by Gasteiger charge is 2.03. The summed E-state index contributed by atoms with van der Waals surface area (Å²) >= 11 is 0. The predicted octanol–water partition coefficient (Wildman–Crippen LogP) is 0.492. The lowest BCUT2D eigenvalue weighted by Crippen LogP contribution is -2.22. The number of methoxy groups -OCH3 is 1. The second-order valence-electron chi connectivity index (χ2n) is 4.39. The molecule has 0 fully saturated rings. The van der Waals surface area contributed by atoms with E-state index in [1.165, 1.54) is 6.07 Å². The Bertz CT molecular complexity index is 583. The van der Waals surface area contributed by atoms with Gasteiger partial charge in [-0.2, -0.15) is 0 Å². The van der Waals surface area contributed by atoms with Crippen LogP contribution in [0.25, 0.3) is 0 Å². The summed E-state index contributed by atoms with van der Waals surface area (Å²) in [5.74, 6) is 0.647. The molecule has 0 amide bonds. The van der Waals surface area contributed by atoms with Gasteiger partial charge in [-0.15, -0.1) is 0 Å². The van der Waals surface area contributed by atoms with Crippen LogP contribution in [0.5, 0.6) is 0 Å². The number of rotatable bonds is 7. The topological polar surface area (TPSA) is 79.9 Å². The van der Waals surface area contributed by atoms with E-state index in [1.54, 1.807) is 19.5 Å². The Morgan fingerprint density at radius 3 is 3.10 bits per heavy atom. The van der Waals surface area contributed by atoms with Crippen molar-refractivity contribution in [3.63, 3.8) is 0 Å². The molecule has 2 aromatic heterocycles. The summed E-state index contributed by atoms with van der Waals surface area (Å²) in [6.07, 6.45) is 4.05. The van der Waals surface area contributed by atoms with Gasteiger partial charge in [0, 0.05) is 45.1 Å². The maximum absolute atomic E-state index is 11.6. The Kier molecular flexibility index (Phi) is 5.40. The number of hydrogen-bond acceptors (Lipinski definition) is 5. The molecule has 0 aliphatic heterocycles. The van der Waals surface area contributed by atoms with Gasteiger partial charge in [-0.25, -0.2) is 4.98 Å². The molecule has 0 spiro atoms. The van der Waals surface area contributed by atoms with E-state index < -0.39 is 0 Å². The maximum atomic E-state index is 11.6. The second kappa shape index (κ2) is 7.52. The Morgan fingerprint density at radius 1 is 1.45 bits per heavy atom. The Balaban J connectivity index is 2.03. The summed E-state index contributed by atoms with van der Waals surface area (Å²) < 4.78 is 4.95. The van der Waals surface area contributed by atoms with Gasteiger partial charge in [0.1, 0.15) is 5.82 Å². The van der Waals surface area contributed by atoms with Crippen LogP contribution in [-0.2, 0) is 17.7 Å². The smallest absolute Gasteiger partial charge is 0.251 e. The number of aromatic nitrogens is 3. The Morgan fingerprint density at radius 2 is 2.35 bits per heavy atom. The third-order valence-corrected chi connectivity index (χ3v) is 2.73. The van der Waals surface area contributed by atoms with Crippen LogP contribution in [0, 0.1) is 0 Å². The normalized spacial score (nSPS) is 10.7. The van der Waals surface area contributed by atoms with Gasteiger partial charge in [0.05, 0.1) is 12.3 Å². The highest BCUT2D eigenvalue weighted by atomic mass is 16.5. The Labute approximate surface area is 117 Å². The molecular formula is C14H18N4O2. The molecule has 0 atom stereocenters. The molecule has 6 nitrogen and oxygen atoms in total. The quantitative estimate of drug-likeness (QED) is 0.718. The van der Waals surface area contributed by atoms with E-state index >= 15 is 0 Å². The van der Waals surface area contributed by atoms with Crippen molar-refractivity contribution in [2.45, 2.75) is 13.0 Å². The van der Waals surface area contributed by atoms with Crippen molar-refractivity contribution in [3.05, 3.63) is 58.0 Å². The fraction of sp³-hybridized carbons (Fsp3) is 0.357. The van der Waals surface area contributed by atoms with Gasteiger partial charge in [0.25, 0.3) is 5.56 Å². The molecule has 0 aromatic carbocycles. The summed E-state index contributed by atoms with van der Waals surface area (Å²) in [4.78, 5) is 22.9. The zero-order valence-electron chi connectivity index (χ0n) is 11.4. The van der Waals surface area contributed by atoms with Crippen LogP contribution in [0.1, 0.15) is 17.1 Å². The third kappa shape index (κ3) is 4.56. The van der Waals surface area contributed by atoms with Gasteiger partial charge >= 0.3 is 0 Å². The van der Waals surface area contributed by atoms with Gasteiger partial charge in [0.2, 0.25) is 0 Å². The number of pyridine rings is 1. The first-order chi connectivity index (χ1) is 9.78. The molecule has 0 aliphatic rings. The average Bonchev–Trinajstić information content (AvgIpc) is 2.44. The number of H-pyrrole nitrogens is 1. The highest BCUT2D eigenvalue weighted by molar-refractivity contribution is 5.15. The zero-order chi connectivity index (χ0) is 14.2. The van der Waals surface area contributed by atoms with Crippen molar-refractivity contribution < 1.29 is 4.74 Å². The first-order valence-corrected chi connectivity index (χ1v) is 6.45. The van der Waals surface area contributed by atoms with E-state index in [1.807, 2.05) is 12.1 Å². The molecule has 0 aliphatic carbocycles. The first kappa shape index (κ1) is 14.4. The SMILES string of the molecule is COCCNCc1cc(=O)[nH]c(Cc2cccnc2)n1. The monoisotopic (exact) mass is 274 g/mol. The van der Waals surface area contributed by atoms with E-state index in [2.05, 4.69) is 20.3 Å². The Hall–Kier alpha value is -2.05. The van der Waals surface area contributed by atoms with Crippen LogP contribution in [0.15, 0.2) is 35.4 Å². The standard InChI is InChI=1S/C14H18N4O2/c1-20-6-5-16-10-12-8-14(19)18-13(17-12)7-11-3-2-4-15-9-11/h2-4,8-9,16H,5-7,10H2,1H3,(H,17,18,19). The molecule has 0 unspecified atom stereocenters. The second-order valence-corrected chi connectivity index (χ2v) is 4.39.